The fraction of sp³-hybridized carbons (Fsp3) is 0.438. The molecular formula is C16H19F3O2. The van der Waals surface area contributed by atoms with E-state index < -0.39 is 17.7 Å². The Morgan fingerprint density at radius 2 is 1.62 bits per heavy atom. The van der Waals surface area contributed by atoms with Gasteiger partial charge in [0.2, 0.25) is 0 Å². The zero-order chi connectivity index (χ0) is 16.0. The second kappa shape index (κ2) is 7.29. The molecule has 1 N–H and O–H groups in total. The van der Waals surface area contributed by atoms with Crippen molar-refractivity contribution in [3.63, 3.8) is 0 Å². The molecule has 116 valence electrons. The summed E-state index contributed by atoms with van der Waals surface area (Å²) in [5.74, 6) is -1.11. The predicted molar refractivity (Wildman–Crippen MR) is 76.1 cm³/mol. The van der Waals surface area contributed by atoms with Crippen molar-refractivity contribution in [3.8, 4) is 0 Å². The van der Waals surface area contributed by atoms with Gasteiger partial charge in [-0.1, -0.05) is 26.7 Å². The Labute approximate surface area is 122 Å². The van der Waals surface area contributed by atoms with Crippen LogP contribution < -0.4 is 0 Å². The standard InChI is InChI=1S/C16H19F3O2/c1-3-5-11-9-13(16(17,18)19)10-12(6-4-2)14(11)7-8-15(20)21/h7-10H,3-6H2,1-2H3,(H,20,21)/b8-7+. The molecule has 5 heteroatoms. The number of halogens is 3. The van der Waals surface area contributed by atoms with Crippen LogP contribution in [0.3, 0.4) is 0 Å². The van der Waals surface area contributed by atoms with Crippen LogP contribution >= 0.6 is 0 Å². The summed E-state index contributed by atoms with van der Waals surface area (Å²) in [7, 11) is 0. The molecule has 0 heterocycles. The number of carboxylic acid groups (broad SMARTS) is 1. The minimum absolute atomic E-state index is 0.486. The van der Waals surface area contributed by atoms with Gasteiger partial charge >= 0.3 is 12.1 Å². The molecule has 0 radical (unpaired) electrons. The Morgan fingerprint density at radius 1 is 1.14 bits per heavy atom. The summed E-state index contributed by atoms with van der Waals surface area (Å²) in [5.41, 5.74) is 1.04. The van der Waals surface area contributed by atoms with E-state index in [0.717, 1.165) is 18.2 Å². The smallest absolute Gasteiger partial charge is 0.416 e. The van der Waals surface area contributed by atoms with E-state index in [4.69, 9.17) is 5.11 Å². The molecule has 0 atom stereocenters. The maximum atomic E-state index is 13.0. The van der Waals surface area contributed by atoms with E-state index in [2.05, 4.69) is 0 Å². The van der Waals surface area contributed by atoms with E-state index in [-0.39, 0.29) is 0 Å². The Morgan fingerprint density at radius 3 is 1.95 bits per heavy atom. The van der Waals surface area contributed by atoms with Gasteiger partial charge in [0, 0.05) is 6.08 Å². The fourth-order valence-electron chi connectivity index (χ4n) is 2.26. The number of rotatable bonds is 6. The van der Waals surface area contributed by atoms with Crippen LogP contribution in [-0.4, -0.2) is 11.1 Å². The van der Waals surface area contributed by atoms with Crippen LogP contribution in [0.5, 0.6) is 0 Å². The van der Waals surface area contributed by atoms with Crippen molar-refractivity contribution in [3.05, 3.63) is 40.5 Å². The van der Waals surface area contributed by atoms with Crippen molar-refractivity contribution in [2.24, 2.45) is 0 Å². The van der Waals surface area contributed by atoms with Gasteiger partial charge in [0.05, 0.1) is 5.56 Å². The molecule has 0 fully saturated rings. The zero-order valence-electron chi connectivity index (χ0n) is 12.1. The number of alkyl halides is 3. The lowest BCUT2D eigenvalue weighted by atomic mass is 9.92. The molecule has 1 aromatic carbocycles. The lowest BCUT2D eigenvalue weighted by Gasteiger charge is -2.16. The highest BCUT2D eigenvalue weighted by atomic mass is 19.4. The molecule has 0 bridgehead atoms. The molecule has 0 amide bonds. The van der Waals surface area contributed by atoms with Crippen LogP contribution in [0.2, 0.25) is 0 Å². The quantitative estimate of drug-likeness (QED) is 0.773. The molecular weight excluding hydrogens is 281 g/mol. The highest BCUT2D eigenvalue weighted by molar-refractivity contribution is 5.86. The molecule has 0 aliphatic heterocycles. The van der Waals surface area contributed by atoms with Crippen LogP contribution in [-0.2, 0) is 23.8 Å². The molecule has 0 unspecified atom stereocenters. The molecule has 0 spiro atoms. The predicted octanol–water partition coefficient (Wildman–Crippen LogP) is 4.71. The number of aryl methyl sites for hydroxylation is 2. The molecule has 1 aromatic rings. The molecule has 2 nitrogen and oxygen atoms in total. The van der Waals surface area contributed by atoms with E-state index in [9.17, 15) is 18.0 Å². The van der Waals surface area contributed by atoms with E-state index >= 15 is 0 Å². The number of carbonyl (C=O) groups is 1. The molecule has 0 saturated heterocycles. The first-order chi connectivity index (χ1) is 9.79. The number of aliphatic carboxylic acids is 1. The molecule has 0 aliphatic carbocycles. The van der Waals surface area contributed by atoms with E-state index in [1.54, 1.807) is 0 Å². The summed E-state index contributed by atoms with van der Waals surface area (Å²) in [5, 5.41) is 8.73. The van der Waals surface area contributed by atoms with Gasteiger partial charge in [-0.2, -0.15) is 13.2 Å². The fourth-order valence-corrected chi connectivity index (χ4v) is 2.26. The number of benzene rings is 1. The normalized spacial score (nSPS) is 12.0. The highest BCUT2D eigenvalue weighted by Gasteiger charge is 2.31. The highest BCUT2D eigenvalue weighted by Crippen LogP contribution is 2.33. The van der Waals surface area contributed by atoms with Crippen LogP contribution in [0, 0.1) is 0 Å². The molecule has 0 aliphatic rings. The lowest BCUT2D eigenvalue weighted by molar-refractivity contribution is -0.137. The SMILES string of the molecule is CCCc1cc(C(F)(F)F)cc(CCC)c1/C=C/C(=O)O. The van der Waals surface area contributed by atoms with Crippen molar-refractivity contribution in [1.29, 1.82) is 0 Å². The van der Waals surface area contributed by atoms with Gasteiger partial charge in [-0.25, -0.2) is 4.79 Å². The van der Waals surface area contributed by atoms with Crippen molar-refractivity contribution in [2.75, 3.05) is 0 Å². The van der Waals surface area contributed by atoms with E-state index in [1.807, 2.05) is 13.8 Å². The third kappa shape index (κ3) is 4.92. The first kappa shape index (κ1) is 17.3. The van der Waals surface area contributed by atoms with Gasteiger partial charge in [-0.15, -0.1) is 0 Å². The topological polar surface area (TPSA) is 37.3 Å². The van der Waals surface area contributed by atoms with Crippen molar-refractivity contribution in [2.45, 2.75) is 45.7 Å². The minimum Gasteiger partial charge on any atom is -0.478 e. The molecule has 21 heavy (non-hydrogen) atoms. The Bertz CT molecular complexity index is 504. The van der Waals surface area contributed by atoms with Gasteiger partial charge in [0.25, 0.3) is 0 Å². The second-order valence-corrected chi connectivity index (χ2v) is 4.88. The Hall–Kier alpha value is -1.78. The summed E-state index contributed by atoms with van der Waals surface area (Å²) in [6.07, 6.45) is 0.348. The second-order valence-electron chi connectivity index (χ2n) is 4.88. The third-order valence-corrected chi connectivity index (χ3v) is 3.11. The van der Waals surface area contributed by atoms with Crippen LogP contribution in [0.25, 0.3) is 6.08 Å². The number of hydrogen-bond donors (Lipinski definition) is 1. The maximum absolute atomic E-state index is 13.0. The van der Waals surface area contributed by atoms with Gasteiger partial charge in [-0.3, -0.25) is 0 Å². The van der Waals surface area contributed by atoms with Gasteiger partial charge in [0.15, 0.2) is 0 Å². The summed E-state index contributed by atoms with van der Waals surface area (Å²) in [4.78, 5) is 10.7. The number of hydrogen-bond acceptors (Lipinski definition) is 1. The van der Waals surface area contributed by atoms with Crippen LogP contribution in [0.4, 0.5) is 13.2 Å². The largest absolute Gasteiger partial charge is 0.478 e. The van der Waals surface area contributed by atoms with Crippen LogP contribution in [0.1, 0.15) is 48.9 Å². The van der Waals surface area contributed by atoms with Gasteiger partial charge < -0.3 is 5.11 Å². The summed E-state index contributed by atoms with van der Waals surface area (Å²) in [6.45, 7) is 3.76. The Kier molecular flexibility index (Phi) is 6.00. The van der Waals surface area contributed by atoms with Gasteiger partial charge in [-0.05, 0) is 47.7 Å². The van der Waals surface area contributed by atoms with E-state index in [1.165, 1.54) is 6.08 Å². The number of carboxylic acids is 1. The van der Waals surface area contributed by atoms with Crippen molar-refractivity contribution in [1.82, 2.24) is 0 Å². The lowest BCUT2D eigenvalue weighted by Crippen LogP contribution is -2.09. The van der Waals surface area contributed by atoms with Crippen molar-refractivity contribution < 1.29 is 23.1 Å². The minimum atomic E-state index is -4.39. The monoisotopic (exact) mass is 300 g/mol. The molecule has 1 rings (SSSR count). The average Bonchev–Trinajstić information content (AvgIpc) is 2.36. The third-order valence-electron chi connectivity index (χ3n) is 3.11. The average molecular weight is 300 g/mol. The van der Waals surface area contributed by atoms with Gasteiger partial charge in [0.1, 0.15) is 0 Å². The zero-order valence-corrected chi connectivity index (χ0v) is 12.1. The summed E-state index contributed by atoms with van der Waals surface area (Å²) in [6, 6.07) is 2.26. The first-order valence-corrected chi connectivity index (χ1v) is 6.93. The summed E-state index contributed by atoms with van der Waals surface area (Å²) < 4.78 is 38.9. The van der Waals surface area contributed by atoms with E-state index in [0.29, 0.717) is 42.4 Å². The Balaban J connectivity index is 3.45. The first-order valence-electron chi connectivity index (χ1n) is 6.93. The molecule has 0 saturated carbocycles. The maximum Gasteiger partial charge on any atom is 0.416 e. The summed E-state index contributed by atoms with van der Waals surface area (Å²) >= 11 is 0. The van der Waals surface area contributed by atoms with Crippen molar-refractivity contribution >= 4 is 12.0 Å². The molecule has 0 aromatic heterocycles. The van der Waals surface area contributed by atoms with Crippen LogP contribution in [0.15, 0.2) is 18.2 Å².